The fraction of sp³-hybridized carbons (Fsp3) is 0.562. The number of rotatable bonds is 7. The number of nitrogens with zero attached hydrogens (tertiary/aromatic N) is 1. The number of nitrogens with one attached hydrogen (secondary N) is 1. The van der Waals surface area contributed by atoms with Gasteiger partial charge in [-0.05, 0) is 31.4 Å². The van der Waals surface area contributed by atoms with E-state index in [2.05, 4.69) is 10.2 Å². The summed E-state index contributed by atoms with van der Waals surface area (Å²) in [4.78, 5) is 14.0. The quantitative estimate of drug-likeness (QED) is 0.804. The lowest BCUT2D eigenvalue weighted by Gasteiger charge is -2.24. The zero-order chi connectivity index (χ0) is 14.9. The SMILES string of the molecule is O=C(NCC1CCCN1CCCO)OCc1ccccc1. The van der Waals surface area contributed by atoms with Gasteiger partial charge >= 0.3 is 6.09 Å². The molecule has 0 aliphatic carbocycles. The summed E-state index contributed by atoms with van der Waals surface area (Å²) in [6.07, 6.45) is 2.66. The van der Waals surface area contributed by atoms with E-state index < -0.39 is 0 Å². The summed E-state index contributed by atoms with van der Waals surface area (Å²) in [7, 11) is 0. The number of carbonyl (C=O) groups is 1. The van der Waals surface area contributed by atoms with Crippen LogP contribution in [-0.4, -0.2) is 48.4 Å². The summed E-state index contributed by atoms with van der Waals surface area (Å²) >= 11 is 0. The number of carbonyl (C=O) groups excluding carboxylic acids is 1. The van der Waals surface area contributed by atoms with Gasteiger partial charge in [-0.2, -0.15) is 0 Å². The van der Waals surface area contributed by atoms with Gasteiger partial charge in [0, 0.05) is 25.7 Å². The van der Waals surface area contributed by atoms with Crippen LogP contribution in [0.2, 0.25) is 0 Å². The second-order valence-corrected chi connectivity index (χ2v) is 5.35. The molecule has 1 saturated heterocycles. The maximum absolute atomic E-state index is 11.7. The van der Waals surface area contributed by atoms with E-state index in [-0.39, 0.29) is 12.7 Å². The molecule has 0 radical (unpaired) electrons. The Bertz CT molecular complexity index is 425. The number of aliphatic hydroxyl groups excluding tert-OH is 1. The Morgan fingerprint density at radius 1 is 1.38 bits per heavy atom. The van der Waals surface area contributed by atoms with E-state index in [1.54, 1.807) is 0 Å². The average Bonchev–Trinajstić information content (AvgIpc) is 2.97. The topological polar surface area (TPSA) is 61.8 Å². The van der Waals surface area contributed by atoms with Gasteiger partial charge in [-0.3, -0.25) is 4.90 Å². The van der Waals surface area contributed by atoms with Crippen molar-refractivity contribution in [3.05, 3.63) is 35.9 Å². The Balaban J connectivity index is 1.66. The van der Waals surface area contributed by atoms with Crippen molar-refractivity contribution in [1.82, 2.24) is 10.2 Å². The first-order valence-electron chi connectivity index (χ1n) is 7.59. The minimum absolute atomic E-state index is 0.218. The molecule has 5 nitrogen and oxygen atoms in total. The van der Waals surface area contributed by atoms with E-state index in [9.17, 15) is 4.79 Å². The van der Waals surface area contributed by atoms with Crippen LogP contribution in [0, 0.1) is 0 Å². The van der Waals surface area contributed by atoms with Crippen LogP contribution in [0.4, 0.5) is 4.79 Å². The molecular weight excluding hydrogens is 268 g/mol. The number of hydrogen-bond donors (Lipinski definition) is 2. The summed E-state index contributed by atoms with van der Waals surface area (Å²) in [5, 5.41) is 11.7. The summed E-state index contributed by atoms with van der Waals surface area (Å²) in [6, 6.07) is 10.0. The van der Waals surface area contributed by atoms with Gasteiger partial charge < -0.3 is 15.2 Å². The molecule has 0 bridgehead atoms. The highest BCUT2D eigenvalue weighted by Crippen LogP contribution is 2.16. The van der Waals surface area contributed by atoms with Crippen LogP contribution in [0.1, 0.15) is 24.8 Å². The summed E-state index contributed by atoms with van der Waals surface area (Å²) < 4.78 is 5.20. The maximum Gasteiger partial charge on any atom is 0.407 e. The molecule has 1 aliphatic rings. The van der Waals surface area contributed by atoms with Crippen molar-refractivity contribution < 1.29 is 14.6 Å². The Morgan fingerprint density at radius 2 is 2.19 bits per heavy atom. The van der Waals surface area contributed by atoms with Crippen molar-refractivity contribution in [3.63, 3.8) is 0 Å². The first-order chi connectivity index (χ1) is 10.3. The largest absolute Gasteiger partial charge is 0.445 e. The Labute approximate surface area is 125 Å². The molecule has 0 spiro atoms. The van der Waals surface area contributed by atoms with Gasteiger partial charge in [0.15, 0.2) is 0 Å². The van der Waals surface area contributed by atoms with Crippen LogP contribution >= 0.6 is 0 Å². The minimum atomic E-state index is -0.368. The number of amides is 1. The number of alkyl carbamates (subject to hydrolysis) is 1. The zero-order valence-electron chi connectivity index (χ0n) is 12.3. The molecule has 0 aromatic heterocycles. The van der Waals surface area contributed by atoms with Gasteiger partial charge in [-0.25, -0.2) is 4.79 Å². The van der Waals surface area contributed by atoms with E-state index in [0.717, 1.165) is 37.9 Å². The summed E-state index contributed by atoms with van der Waals surface area (Å²) in [5.41, 5.74) is 0.984. The van der Waals surface area contributed by atoms with Crippen LogP contribution in [0.3, 0.4) is 0 Å². The third-order valence-corrected chi connectivity index (χ3v) is 3.80. The normalized spacial score (nSPS) is 18.6. The van der Waals surface area contributed by atoms with Crippen molar-refractivity contribution in [3.8, 4) is 0 Å². The predicted molar refractivity (Wildman–Crippen MR) is 80.9 cm³/mol. The first-order valence-corrected chi connectivity index (χ1v) is 7.59. The molecule has 1 aliphatic heterocycles. The number of likely N-dealkylation sites (tertiary alicyclic amines) is 1. The smallest absolute Gasteiger partial charge is 0.407 e. The van der Waals surface area contributed by atoms with Gasteiger partial charge in [-0.15, -0.1) is 0 Å². The van der Waals surface area contributed by atoms with Gasteiger partial charge in [0.25, 0.3) is 0 Å². The van der Waals surface area contributed by atoms with Crippen molar-refractivity contribution >= 4 is 6.09 Å². The lowest BCUT2D eigenvalue weighted by Crippen LogP contribution is -2.40. The van der Waals surface area contributed by atoms with Crippen LogP contribution in [0.15, 0.2) is 30.3 Å². The van der Waals surface area contributed by atoms with E-state index in [1.165, 1.54) is 0 Å². The predicted octanol–water partition coefficient (Wildman–Crippen LogP) is 1.76. The summed E-state index contributed by atoms with van der Waals surface area (Å²) in [6.45, 7) is 3.06. The molecule has 2 N–H and O–H groups in total. The van der Waals surface area contributed by atoms with Gasteiger partial charge in [-0.1, -0.05) is 30.3 Å². The number of hydrogen-bond acceptors (Lipinski definition) is 4. The number of benzene rings is 1. The molecule has 116 valence electrons. The molecule has 21 heavy (non-hydrogen) atoms. The second kappa shape index (κ2) is 8.64. The molecule has 1 aromatic carbocycles. The van der Waals surface area contributed by atoms with Crippen LogP contribution in [0.5, 0.6) is 0 Å². The Kier molecular flexibility index (Phi) is 6.50. The molecule has 1 amide bonds. The fourth-order valence-corrected chi connectivity index (χ4v) is 2.67. The number of ether oxygens (including phenoxy) is 1. The third-order valence-electron chi connectivity index (χ3n) is 3.80. The molecule has 1 unspecified atom stereocenters. The van der Waals surface area contributed by atoms with Crippen molar-refractivity contribution in [2.24, 2.45) is 0 Å². The van der Waals surface area contributed by atoms with E-state index >= 15 is 0 Å². The van der Waals surface area contributed by atoms with Crippen molar-refractivity contribution in [1.29, 1.82) is 0 Å². The highest BCUT2D eigenvalue weighted by Gasteiger charge is 2.24. The van der Waals surface area contributed by atoms with Crippen molar-refractivity contribution in [2.45, 2.75) is 31.9 Å². The standard InChI is InChI=1S/C16H24N2O3/c19-11-5-10-18-9-4-8-15(18)12-17-16(20)21-13-14-6-2-1-3-7-14/h1-3,6-7,15,19H,4-5,8-13H2,(H,17,20). The molecular formula is C16H24N2O3. The molecule has 0 saturated carbocycles. The molecule has 5 heteroatoms. The van der Waals surface area contributed by atoms with Crippen LogP contribution in [0.25, 0.3) is 0 Å². The first kappa shape index (κ1) is 15.8. The fourth-order valence-electron chi connectivity index (χ4n) is 2.67. The monoisotopic (exact) mass is 292 g/mol. The lowest BCUT2D eigenvalue weighted by atomic mass is 10.2. The Morgan fingerprint density at radius 3 is 2.95 bits per heavy atom. The van der Waals surface area contributed by atoms with Gasteiger partial charge in [0.2, 0.25) is 0 Å². The number of aliphatic hydroxyl groups is 1. The third kappa shape index (κ3) is 5.36. The molecule has 1 fully saturated rings. The molecule has 1 aromatic rings. The lowest BCUT2D eigenvalue weighted by molar-refractivity contribution is 0.135. The molecule has 2 rings (SSSR count). The van der Waals surface area contributed by atoms with Gasteiger partial charge in [0.05, 0.1) is 0 Å². The van der Waals surface area contributed by atoms with E-state index in [0.29, 0.717) is 19.2 Å². The van der Waals surface area contributed by atoms with Gasteiger partial charge in [0.1, 0.15) is 6.61 Å². The highest BCUT2D eigenvalue weighted by molar-refractivity contribution is 5.67. The Hall–Kier alpha value is -1.59. The van der Waals surface area contributed by atoms with Crippen LogP contribution in [-0.2, 0) is 11.3 Å². The zero-order valence-corrected chi connectivity index (χ0v) is 12.3. The highest BCUT2D eigenvalue weighted by atomic mass is 16.5. The second-order valence-electron chi connectivity index (χ2n) is 5.35. The minimum Gasteiger partial charge on any atom is -0.445 e. The maximum atomic E-state index is 11.7. The van der Waals surface area contributed by atoms with Crippen molar-refractivity contribution in [2.75, 3.05) is 26.2 Å². The van der Waals surface area contributed by atoms with E-state index in [1.807, 2.05) is 30.3 Å². The molecule has 1 atom stereocenters. The average molecular weight is 292 g/mol. The van der Waals surface area contributed by atoms with Crippen LogP contribution < -0.4 is 5.32 Å². The van der Waals surface area contributed by atoms with E-state index in [4.69, 9.17) is 9.84 Å². The summed E-state index contributed by atoms with van der Waals surface area (Å²) in [5.74, 6) is 0. The molecule has 1 heterocycles.